The van der Waals surface area contributed by atoms with Gasteiger partial charge in [-0.3, -0.25) is 0 Å². The average molecular weight is 423 g/mol. The van der Waals surface area contributed by atoms with E-state index < -0.39 is 0 Å². The van der Waals surface area contributed by atoms with Gasteiger partial charge in [0.05, 0.1) is 31.6 Å². The molecule has 0 radical (unpaired) electrons. The summed E-state index contributed by atoms with van der Waals surface area (Å²) in [7, 11) is 3.20. The number of halogens is 2. The lowest BCUT2D eigenvalue weighted by molar-refractivity contribution is 0.260. The standard InChI is InChI=1S/C19H18N4O3.2ClH/c1-24-16-4-3-5-17(25-2)19(16)26-11-18-21-14-7-6-13(10-15(14)22-18)23-9-8-20-12-23;;/h3-10,12H,11H2,1-2H3,(H,21,22);2*1H. The van der Waals surface area contributed by atoms with Gasteiger partial charge in [0.2, 0.25) is 5.75 Å². The van der Waals surface area contributed by atoms with Crippen molar-refractivity contribution in [3.05, 3.63) is 60.9 Å². The van der Waals surface area contributed by atoms with Crippen molar-refractivity contribution in [2.75, 3.05) is 14.2 Å². The van der Waals surface area contributed by atoms with Crippen molar-refractivity contribution in [3.8, 4) is 22.9 Å². The third-order valence-electron chi connectivity index (χ3n) is 4.05. The number of rotatable bonds is 6. The minimum atomic E-state index is 0. The maximum Gasteiger partial charge on any atom is 0.203 e. The number of para-hydroxylation sites is 1. The molecule has 0 fully saturated rings. The van der Waals surface area contributed by atoms with Gasteiger partial charge < -0.3 is 23.8 Å². The molecule has 2 aromatic carbocycles. The summed E-state index contributed by atoms with van der Waals surface area (Å²) in [5.74, 6) is 2.50. The fourth-order valence-electron chi connectivity index (χ4n) is 2.79. The minimum Gasteiger partial charge on any atom is -0.493 e. The van der Waals surface area contributed by atoms with E-state index in [0.29, 0.717) is 17.2 Å². The molecule has 2 heterocycles. The van der Waals surface area contributed by atoms with Crippen molar-refractivity contribution < 1.29 is 14.2 Å². The van der Waals surface area contributed by atoms with E-state index in [4.69, 9.17) is 14.2 Å². The zero-order valence-corrected chi connectivity index (χ0v) is 16.9. The maximum atomic E-state index is 5.91. The predicted molar refractivity (Wildman–Crippen MR) is 112 cm³/mol. The van der Waals surface area contributed by atoms with Crippen LogP contribution in [0, 0.1) is 0 Å². The van der Waals surface area contributed by atoms with E-state index in [9.17, 15) is 0 Å². The molecule has 7 nitrogen and oxygen atoms in total. The van der Waals surface area contributed by atoms with E-state index in [2.05, 4.69) is 15.0 Å². The maximum absolute atomic E-state index is 5.91. The molecule has 0 aliphatic carbocycles. The number of hydrogen-bond acceptors (Lipinski definition) is 5. The monoisotopic (exact) mass is 422 g/mol. The van der Waals surface area contributed by atoms with Gasteiger partial charge in [-0.2, -0.15) is 0 Å². The lowest BCUT2D eigenvalue weighted by Gasteiger charge is -2.13. The van der Waals surface area contributed by atoms with Gasteiger partial charge in [0, 0.05) is 18.1 Å². The Bertz CT molecular complexity index is 1010. The highest BCUT2D eigenvalue weighted by Gasteiger charge is 2.13. The van der Waals surface area contributed by atoms with E-state index in [1.54, 1.807) is 26.7 Å². The topological polar surface area (TPSA) is 74.2 Å². The number of H-pyrrole nitrogens is 1. The number of ether oxygens (including phenoxy) is 3. The van der Waals surface area contributed by atoms with Crippen LogP contribution in [-0.4, -0.2) is 33.7 Å². The van der Waals surface area contributed by atoms with Crippen LogP contribution in [0.3, 0.4) is 0 Å². The Morgan fingerprint density at radius 2 is 1.79 bits per heavy atom. The molecule has 9 heteroatoms. The molecule has 4 aromatic rings. The number of nitrogens with zero attached hydrogens (tertiary/aromatic N) is 3. The van der Waals surface area contributed by atoms with Crippen molar-refractivity contribution in [2.24, 2.45) is 0 Å². The van der Waals surface area contributed by atoms with E-state index in [0.717, 1.165) is 22.5 Å². The number of fused-ring (bicyclic) bond motifs is 1. The largest absolute Gasteiger partial charge is 0.493 e. The first-order valence-corrected chi connectivity index (χ1v) is 8.09. The van der Waals surface area contributed by atoms with E-state index in [1.165, 1.54) is 0 Å². The first kappa shape index (κ1) is 21.4. The van der Waals surface area contributed by atoms with Crippen molar-refractivity contribution in [2.45, 2.75) is 6.61 Å². The van der Waals surface area contributed by atoms with E-state index in [-0.39, 0.29) is 31.4 Å². The first-order chi connectivity index (χ1) is 12.8. The Hall–Kier alpha value is -2.90. The third kappa shape index (κ3) is 4.16. The number of benzene rings is 2. The van der Waals surface area contributed by atoms with Crippen molar-refractivity contribution in [3.63, 3.8) is 0 Å². The highest BCUT2D eigenvalue weighted by atomic mass is 35.5. The molecule has 148 valence electrons. The molecule has 0 saturated carbocycles. The SMILES string of the molecule is COc1cccc(OC)c1OCc1nc2cc(-n3ccnc3)ccc2[nH]1.Cl.Cl. The molecule has 2 aromatic heterocycles. The summed E-state index contributed by atoms with van der Waals surface area (Å²) in [6.45, 7) is 0.270. The van der Waals surface area contributed by atoms with Crippen molar-refractivity contribution in [1.82, 2.24) is 19.5 Å². The van der Waals surface area contributed by atoms with Crippen molar-refractivity contribution >= 4 is 35.8 Å². The number of nitrogens with one attached hydrogen (secondary N) is 1. The predicted octanol–water partition coefficient (Wildman–Crippen LogP) is 4.19. The molecule has 0 atom stereocenters. The van der Waals surface area contributed by atoms with Gasteiger partial charge in [-0.1, -0.05) is 6.07 Å². The molecule has 0 aliphatic heterocycles. The fourth-order valence-corrected chi connectivity index (χ4v) is 2.79. The number of aromatic amines is 1. The van der Waals surface area contributed by atoms with Crippen LogP contribution in [0.5, 0.6) is 17.2 Å². The zero-order valence-electron chi connectivity index (χ0n) is 15.3. The second-order valence-corrected chi connectivity index (χ2v) is 5.64. The summed E-state index contributed by atoms with van der Waals surface area (Å²) in [4.78, 5) is 12.0. The van der Waals surface area contributed by atoms with Crippen molar-refractivity contribution in [1.29, 1.82) is 0 Å². The molecule has 0 saturated heterocycles. The Morgan fingerprint density at radius 3 is 2.43 bits per heavy atom. The molecule has 0 spiro atoms. The number of methoxy groups -OCH3 is 2. The van der Waals surface area contributed by atoms with Gasteiger partial charge in [-0.25, -0.2) is 9.97 Å². The highest BCUT2D eigenvalue weighted by molar-refractivity contribution is 5.85. The van der Waals surface area contributed by atoms with Gasteiger partial charge in [0.15, 0.2) is 11.5 Å². The van der Waals surface area contributed by atoms with Crippen LogP contribution in [0.25, 0.3) is 16.7 Å². The average Bonchev–Trinajstić information content (AvgIpc) is 3.34. The summed E-state index contributed by atoms with van der Waals surface area (Å²) in [5.41, 5.74) is 2.81. The molecular formula is C19H20Cl2N4O3. The van der Waals surface area contributed by atoms with Crippen LogP contribution >= 0.6 is 24.8 Å². The number of imidazole rings is 2. The molecule has 0 unspecified atom stereocenters. The summed E-state index contributed by atoms with van der Waals surface area (Å²) in [6, 6.07) is 11.5. The fraction of sp³-hybridized carbons (Fsp3) is 0.158. The van der Waals surface area contributed by atoms with Crippen LogP contribution < -0.4 is 14.2 Å². The second kappa shape index (κ2) is 9.34. The molecule has 0 amide bonds. The third-order valence-corrected chi connectivity index (χ3v) is 4.05. The van der Waals surface area contributed by atoms with Crippen LogP contribution in [0.1, 0.15) is 5.82 Å². The summed E-state index contributed by atoms with van der Waals surface area (Å²) >= 11 is 0. The van der Waals surface area contributed by atoms with Crippen LogP contribution in [0.4, 0.5) is 0 Å². The summed E-state index contributed by atoms with van der Waals surface area (Å²) in [5, 5.41) is 0. The normalized spacial score (nSPS) is 10.1. The molecular weight excluding hydrogens is 403 g/mol. The molecule has 28 heavy (non-hydrogen) atoms. The smallest absolute Gasteiger partial charge is 0.203 e. The van der Waals surface area contributed by atoms with Crippen LogP contribution in [0.15, 0.2) is 55.1 Å². The molecule has 0 bridgehead atoms. The lowest BCUT2D eigenvalue weighted by atomic mass is 10.3. The summed E-state index contributed by atoms with van der Waals surface area (Å²) < 4.78 is 18.5. The minimum absolute atomic E-state index is 0. The summed E-state index contributed by atoms with van der Waals surface area (Å²) in [6.07, 6.45) is 5.40. The Balaban J connectivity index is 0.00000140. The number of hydrogen-bond donors (Lipinski definition) is 1. The van der Waals surface area contributed by atoms with Gasteiger partial charge in [0.1, 0.15) is 12.4 Å². The first-order valence-electron chi connectivity index (χ1n) is 8.09. The Labute approximate surface area is 174 Å². The molecule has 4 rings (SSSR count). The molecule has 0 aliphatic rings. The zero-order chi connectivity index (χ0) is 17.9. The second-order valence-electron chi connectivity index (χ2n) is 5.64. The molecule has 1 N–H and O–H groups in total. The van der Waals surface area contributed by atoms with Gasteiger partial charge in [-0.15, -0.1) is 24.8 Å². The Kier molecular flexibility index (Phi) is 7.14. The van der Waals surface area contributed by atoms with Gasteiger partial charge >= 0.3 is 0 Å². The highest BCUT2D eigenvalue weighted by Crippen LogP contribution is 2.37. The lowest BCUT2D eigenvalue weighted by Crippen LogP contribution is -2.01. The van der Waals surface area contributed by atoms with Crippen LogP contribution in [-0.2, 0) is 6.61 Å². The number of aromatic nitrogens is 4. The van der Waals surface area contributed by atoms with E-state index in [1.807, 2.05) is 47.2 Å². The quantitative estimate of drug-likeness (QED) is 0.504. The van der Waals surface area contributed by atoms with Gasteiger partial charge in [-0.05, 0) is 30.3 Å². The van der Waals surface area contributed by atoms with E-state index >= 15 is 0 Å². The Morgan fingerprint density at radius 1 is 1.04 bits per heavy atom. The van der Waals surface area contributed by atoms with Crippen LogP contribution in [0.2, 0.25) is 0 Å². The van der Waals surface area contributed by atoms with Gasteiger partial charge in [0.25, 0.3) is 0 Å².